The van der Waals surface area contributed by atoms with Crippen molar-refractivity contribution in [2.75, 3.05) is 6.61 Å². The Morgan fingerprint density at radius 3 is 2.38 bits per heavy atom. The lowest BCUT2D eigenvalue weighted by molar-refractivity contribution is -0.241. The van der Waals surface area contributed by atoms with Crippen LogP contribution in [-0.4, -0.2) is 57.9 Å². The summed E-state index contributed by atoms with van der Waals surface area (Å²) in [5.74, 6) is -0.811. The second kappa shape index (κ2) is 3.63. The SMILES string of the molecule is CC1(C)O[C@H]2O[C@H]([C@H](O)CO)[C@@](C)(O)[C@H]2O1. The highest BCUT2D eigenvalue weighted by Gasteiger charge is 2.62. The molecule has 3 N–H and O–H groups in total. The van der Waals surface area contributed by atoms with Gasteiger partial charge in [0.15, 0.2) is 12.1 Å². The van der Waals surface area contributed by atoms with E-state index in [1.54, 1.807) is 13.8 Å². The molecule has 0 bridgehead atoms. The van der Waals surface area contributed by atoms with Crippen LogP contribution in [0.3, 0.4) is 0 Å². The minimum absolute atomic E-state index is 0.482. The molecule has 16 heavy (non-hydrogen) atoms. The monoisotopic (exact) mass is 234 g/mol. The van der Waals surface area contributed by atoms with E-state index in [1.807, 2.05) is 0 Å². The lowest BCUT2D eigenvalue weighted by Crippen LogP contribution is -2.51. The number of rotatable bonds is 2. The van der Waals surface area contributed by atoms with Crippen LogP contribution in [0.2, 0.25) is 0 Å². The van der Waals surface area contributed by atoms with Crippen molar-refractivity contribution in [3.05, 3.63) is 0 Å². The molecular formula is C10H18O6. The van der Waals surface area contributed by atoms with Crippen LogP contribution < -0.4 is 0 Å². The average molecular weight is 234 g/mol. The Balaban J connectivity index is 2.17. The van der Waals surface area contributed by atoms with E-state index in [0.717, 1.165) is 0 Å². The molecule has 0 amide bonds. The maximum absolute atomic E-state index is 10.3. The summed E-state index contributed by atoms with van der Waals surface area (Å²) in [6.45, 7) is 4.47. The summed E-state index contributed by atoms with van der Waals surface area (Å²) in [6.07, 6.45) is -3.44. The van der Waals surface area contributed by atoms with Crippen molar-refractivity contribution in [2.45, 2.75) is 56.8 Å². The molecule has 2 heterocycles. The number of fused-ring (bicyclic) bond motifs is 1. The topological polar surface area (TPSA) is 88.4 Å². The number of ether oxygens (including phenoxy) is 3. The first-order valence-corrected chi connectivity index (χ1v) is 5.30. The minimum atomic E-state index is -1.39. The molecule has 2 aliphatic rings. The molecule has 0 unspecified atom stereocenters. The van der Waals surface area contributed by atoms with Gasteiger partial charge in [-0.05, 0) is 20.8 Å². The van der Waals surface area contributed by atoms with Gasteiger partial charge in [-0.2, -0.15) is 0 Å². The quantitative estimate of drug-likeness (QED) is 0.566. The molecule has 6 nitrogen and oxygen atoms in total. The summed E-state index contributed by atoms with van der Waals surface area (Å²) in [6, 6.07) is 0. The predicted octanol–water partition coefficient (Wildman–Crippen LogP) is -1.03. The van der Waals surface area contributed by atoms with Crippen LogP contribution in [-0.2, 0) is 14.2 Å². The molecule has 0 spiro atoms. The zero-order chi connectivity index (χ0) is 12.1. The van der Waals surface area contributed by atoms with Gasteiger partial charge in [0.2, 0.25) is 0 Å². The molecule has 0 saturated carbocycles. The van der Waals surface area contributed by atoms with Crippen LogP contribution in [0.4, 0.5) is 0 Å². The van der Waals surface area contributed by atoms with Gasteiger partial charge in [0, 0.05) is 0 Å². The molecule has 2 aliphatic heterocycles. The van der Waals surface area contributed by atoms with Gasteiger partial charge >= 0.3 is 0 Å². The fraction of sp³-hybridized carbons (Fsp3) is 1.00. The second-order valence-electron chi connectivity index (χ2n) is 4.96. The third-order valence-electron chi connectivity index (χ3n) is 3.03. The van der Waals surface area contributed by atoms with Crippen LogP contribution in [0.25, 0.3) is 0 Å². The van der Waals surface area contributed by atoms with Crippen molar-refractivity contribution in [1.82, 2.24) is 0 Å². The summed E-state index contributed by atoms with van der Waals surface area (Å²) in [5.41, 5.74) is -1.39. The highest BCUT2D eigenvalue weighted by Crippen LogP contribution is 2.43. The normalized spacial score (nSPS) is 48.0. The first-order chi connectivity index (χ1) is 7.28. The molecule has 0 aromatic heterocycles. The lowest BCUT2D eigenvalue weighted by atomic mass is 9.91. The third kappa shape index (κ3) is 1.75. The maximum atomic E-state index is 10.3. The highest BCUT2D eigenvalue weighted by atomic mass is 16.8. The van der Waals surface area contributed by atoms with Gasteiger partial charge in [-0.3, -0.25) is 0 Å². The predicted molar refractivity (Wildman–Crippen MR) is 52.4 cm³/mol. The van der Waals surface area contributed by atoms with Crippen molar-refractivity contribution >= 4 is 0 Å². The van der Waals surface area contributed by atoms with Gasteiger partial charge in [0.25, 0.3) is 0 Å². The van der Waals surface area contributed by atoms with E-state index in [9.17, 15) is 10.2 Å². The Bertz CT molecular complexity index is 276. The number of hydrogen-bond acceptors (Lipinski definition) is 6. The van der Waals surface area contributed by atoms with Gasteiger partial charge < -0.3 is 29.5 Å². The molecule has 0 aromatic rings. The summed E-state index contributed by atoms with van der Waals surface area (Å²) in [4.78, 5) is 0. The van der Waals surface area contributed by atoms with Crippen molar-refractivity contribution in [2.24, 2.45) is 0 Å². The molecule has 2 rings (SSSR count). The van der Waals surface area contributed by atoms with Gasteiger partial charge in [-0.1, -0.05) is 0 Å². The van der Waals surface area contributed by atoms with Crippen molar-refractivity contribution in [3.63, 3.8) is 0 Å². The zero-order valence-corrected chi connectivity index (χ0v) is 9.58. The van der Waals surface area contributed by atoms with E-state index >= 15 is 0 Å². The van der Waals surface area contributed by atoms with E-state index in [-0.39, 0.29) is 0 Å². The van der Waals surface area contributed by atoms with Gasteiger partial charge in [-0.25, -0.2) is 0 Å². The summed E-state index contributed by atoms with van der Waals surface area (Å²) < 4.78 is 16.3. The molecular weight excluding hydrogens is 216 g/mol. The molecule has 0 aromatic carbocycles. The van der Waals surface area contributed by atoms with Crippen LogP contribution in [0.15, 0.2) is 0 Å². The zero-order valence-electron chi connectivity index (χ0n) is 9.58. The molecule has 5 atom stereocenters. The molecule has 2 saturated heterocycles. The average Bonchev–Trinajstić information content (AvgIpc) is 2.59. The maximum Gasteiger partial charge on any atom is 0.190 e. The molecule has 0 aliphatic carbocycles. The molecule has 2 fully saturated rings. The van der Waals surface area contributed by atoms with Crippen LogP contribution in [0, 0.1) is 0 Å². The van der Waals surface area contributed by atoms with Gasteiger partial charge in [0.1, 0.15) is 23.9 Å². The van der Waals surface area contributed by atoms with E-state index in [1.165, 1.54) is 6.92 Å². The fourth-order valence-electron chi connectivity index (χ4n) is 2.24. The van der Waals surface area contributed by atoms with E-state index < -0.39 is 42.6 Å². The van der Waals surface area contributed by atoms with Crippen molar-refractivity contribution in [1.29, 1.82) is 0 Å². The fourth-order valence-corrected chi connectivity index (χ4v) is 2.24. The van der Waals surface area contributed by atoms with Gasteiger partial charge in [0.05, 0.1) is 6.61 Å². The van der Waals surface area contributed by atoms with E-state index in [2.05, 4.69) is 0 Å². The molecule has 94 valence electrons. The van der Waals surface area contributed by atoms with Crippen LogP contribution in [0.1, 0.15) is 20.8 Å². The summed E-state index contributed by atoms with van der Waals surface area (Å²) in [7, 11) is 0. The highest BCUT2D eigenvalue weighted by molar-refractivity contribution is 5.04. The van der Waals surface area contributed by atoms with E-state index in [4.69, 9.17) is 19.3 Å². The number of hydrogen-bond donors (Lipinski definition) is 3. The Morgan fingerprint density at radius 2 is 1.88 bits per heavy atom. The van der Waals surface area contributed by atoms with Crippen LogP contribution in [0.5, 0.6) is 0 Å². The second-order valence-corrected chi connectivity index (χ2v) is 4.96. The standard InChI is InChI=1S/C10H18O6/c1-9(2)15-7-8(16-9)14-6(5(12)4-11)10(7,3)13/h5-8,11-13H,4H2,1-3H3/t5-,6-,7+,8-,10-/m1/s1. The lowest BCUT2D eigenvalue weighted by Gasteiger charge is -2.32. The summed E-state index contributed by atoms with van der Waals surface area (Å²) >= 11 is 0. The Kier molecular flexibility index (Phi) is 2.77. The molecule has 6 heteroatoms. The molecule has 0 radical (unpaired) electrons. The Morgan fingerprint density at radius 1 is 1.25 bits per heavy atom. The van der Waals surface area contributed by atoms with E-state index in [0.29, 0.717) is 0 Å². The largest absolute Gasteiger partial charge is 0.394 e. The van der Waals surface area contributed by atoms with Crippen molar-refractivity contribution < 1.29 is 29.5 Å². The smallest absolute Gasteiger partial charge is 0.190 e. The first-order valence-electron chi connectivity index (χ1n) is 5.30. The minimum Gasteiger partial charge on any atom is -0.394 e. The number of aliphatic hydroxyl groups excluding tert-OH is 2. The third-order valence-corrected chi connectivity index (χ3v) is 3.03. The first kappa shape index (κ1) is 12.2. The Hall–Kier alpha value is -0.240. The van der Waals surface area contributed by atoms with Crippen LogP contribution >= 0.6 is 0 Å². The summed E-state index contributed by atoms with van der Waals surface area (Å²) in [5, 5.41) is 28.7. The number of aliphatic hydroxyl groups is 3. The van der Waals surface area contributed by atoms with Crippen molar-refractivity contribution in [3.8, 4) is 0 Å². The Labute approximate surface area is 93.7 Å². The van der Waals surface area contributed by atoms with Gasteiger partial charge in [-0.15, -0.1) is 0 Å².